The fraction of sp³-hybridized carbons (Fsp3) is 0.462. The quantitative estimate of drug-likeness (QED) is 0.784. The zero-order chi connectivity index (χ0) is 12.3. The van der Waals surface area contributed by atoms with Gasteiger partial charge in [-0.25, -0.2) is 4.39 Å². The molecule has 3 nitrogen and oxygen atoms in total. The van der Waals surface area contributed by atoms with Crippen LogP contribution in [0.25, 0.3) is 0 Å². The van der Waals surface area contributed by atoms with Crippen LogP contribution in [0.5, 0.6) is 0 Å². The fourth-order valence-electron chi connectivity index (χ4n) is 1.82. The molecule has 0 aromatic heterocycles. The molecule has 0 unspecified atom stereocenters. The van der Waals surface area contributed by atoms with Gasteiger partial charge in [-0.15, -0.1) is 0 Å². The van der Waals surface area contributed by atoms with Crippen LogP contribution in [0.3, 0.4) is 0 Å². The van der Waals surface area contributed by atoms with E-state index in [1.54, 1.807) is 24.1 Å². The number of halogens is 1. The van der Waals surface area contributed by atoms with Crippen molar-refractivity contribution < 1.29 is 13.9 Å². The first-order valence-electron chi connectivity index (χ1n) is 5.78. The molecule has 4 heteroatoms. The predicted molar refractivity (Wildman–Crippen MR) is 62.3 cm³/mol. The average molecular weight is 237 g/mol. The van der Waals surface area contributed by atoms with Crippen LogP contribution in [0.15, 0.2) is 24.3 Å². The SMILES string of the molecule is COCCN(C(=O)c1ccccc1F)C1CC1. The smallest absolute Gasteiger partial charge is 0.257 e. The monoisotopic (exact) mass is 237 g/mol. The summed E-state index contributed by atoms with van der Waals surface area (Å²) in [5.41, 5.74) is 0.149. The zero-order valence-corrected chi connectivity index (χ0v) is 9.86. The lowest BCUT2D eigenvalue weighted by atomic mass is 10.2. The van der Waals surface area contributed by atoms with Crippen molar-refractivity contribution in [2.24, 2.45) is 0 Å². The van der Waals surface area contributed by atoms with Crippen LogP contribution < -0.4 is 0 Å². The summed E-state index contributed by atoms with van der Waals surface area (Å²) < 4.78 is 18.5. The summed E-state index contributed by atoms with van der Waals surface area (Å²) in [5.74, 6) is -0.691. The lowest BCUT2D eigenvalue weighted by Gasteiger charge is -2.22. The normalized spacial score (nSPS) is 14.7. The molecule has 0 aliphatic heterocycles. The lowest BCUT2D eigenvalue weighted by molar-refractivity contribution is 0.0675. The summed E-state index contributed by atoms with van der Waals surface area (Å²) in [4.78, 5) is 13.9. The molecular formula is C13H16FNO2. The van der Waals surface area contributed by atoms with Crippen LogP contribution in [0, 0.1) is 5.82 Å². The highest BCUT2D eigenvalue weighted by molar-refractivity contribution is 5.94. The summed E-state index contributed by atoms with van der Waals surface area (Å²) in [7, 11) is 1.60. The number of carbonyl (C=O) groups is 1. The highest BCUT2D eigenvalue weighted by atomic mass is 19.1. The molecule has 92 valence electrons. The maximum Gasteiger partial charge on any atom is 0.257 e. The third-order valence-electron chi connectivity index (χ3n) is 2.89. The van der Waals surface area contributed by atoms with Gasteiger partial charge in [0.1, 0.15) is 5.82 Å². The maximum absolute atomic E-state index is 13.5. The summed E-state index contributed by atoms with van der Waals surface area (Å²) >= 11 is 0. The molecule has 0 heterocycles. The van der Waals surface area contributed by atoms with Crippen LogP contribution in [0.2, 0.25) is 0 Å². The first kappa shape index (κ1) is 12.0. The molecule has 1 aliphatic rings. The number of amides is 1. The van der Waals surface area contributed by atoms with Crippen molar-refractivity contribution in [3.63, 3.8) is 0 Å². The van der Waals surface area contributed by atoms with Crippen molar-refractivity contribution in [2.45, 2.75) is 18.9 Å². The summed E-state index contributed by atoms with van der Waals surface area (Å²) in [5, 5.41) is 0. The van der Waals surface area contributed by atoms with E-state index >= 15 is 0 Å². The molecule has 1 aromatic rings. The van der Waals surface area contributed by atoms with E-state index in [-0.39, 0.29) is 17.5 Å². The molecule has 17 heavy (non-hydrogen) atoms. The van der Waals surface area contributed by atoms with Gasteiger partial charge in [0.05, 0.1) is 12.2 Å². The molecule has 0 bridgehead atoms. The van der Waals surface area contributed by atoms with Crippen molar-refractivity contribution >= 4 is 5.91 Å². The summed E-state index contributed by atoms with van der Waals surface area (Å²) in [6.45, 7) is 1.00. The Labute approximate surface area is 100 Å². The highest BCUT2D eigenvalue weighted by Gasteiger charge is 2.33. The molecule has 1 aliphatic carbocycles. The molecule has 0 spiro atoms. The first-order chi connectivity index (χ1) is 8.24. The third-order valence-corrected chi connectivity index (χ3v) is 2.89. The van der Waals surface area contributed by atoms with E-state index in [1.165, 1.54) is 12.1 Å². The van der Waals surface area contributed by atoms with Crippen molar-refractivity contribution in [1.82, 2.24) is 4.90 Å². The minimum Gasteiger partial charge on any atom is -0.383 e. The molecule has 0 atom stereocenters. The van der Waals surface area contributed by atoms with Crippen LogP contribution in [0.4, 0.5) is 4.39 Å². The van der Waals surface area contributed by atoms with E-state index < -0.39 is 5.82 Å². The van der Waals surface area contributed by atoms with Crippen LogP contribution in [-0.2, 0) is 4.74 Å². The van der Waals surface area contributed by atoms with Crippen molar-refractivity contribution in [1.29, 1.82) is 0 Å². The Morgan fingerprint density at radius 1 is 1.47 bits per heavy atom. The minimum atomic E-state index is -0.458. The molecule has 1 aromatic carbocycles. The molecular weight excluding hydrogens is 221 g/mol. The topological polar surface area (TPSA) is 29.5 Å². The average Bonchev–Trinajstić information content (AvgIpc) is 3.14. The van der Waals surface area contributed by atoms with Gasteiger partial charge in [-0.3, -0.25) is 4.79 Å². The number of rotatable bonds is 5. The van der Waals surface area contributed by atoms with Crippen molar-refractivity contribution in [3.05, 3.63) is 35.6 Å². The molecule has 0 radical (unpaired) electrons. The van der Waals surface area contributed by atoms with E-state index in [1.807, 2.05) is 0 Å². The van der Waals surface area contributed by atoms with Crippen molar-refractivity contribution in [2.75, 3.05) is 20.3 Å². The van der Waals surface area contributed by atoms with Crippen LogP contribution in [-0.4, -0.2) is 37.1 Å². The summed E-state index contributed by atoms with van der Waals surface area (Å²) in [6.07, 6.45) is 2.01. The summed E-state index contributed by atoms with van der Waals surface area (Å²) in [6, 6.07) is 6.37. The Hall–Kier alpha value is -1.42. The Balaban J connectivity index is 2.13. The van der Waals surface area contributed by atoms with Gasteiger partial charge in [0.15, 0.2) is 0 Å². The zero-order valence-electron chi connectivity index (χ0n) is 9.86. The second-order valence-corrected chi connectivity index (χ2v) is 4.20. The predicted octanol–water partition coefficient (Wildman–Crippen LogP) is 2.08. The Morgan fingerprint density at radius 3 is 2.76 bits per heavy atom. The Morgan fingerprint density at radius 2 is 2.18 bits per heavy atom. The van der Waals surface area contributed by atoms with Gasteiger partial charge in [0, 0.05) is 19.7 Å². The van der Waals surface area contributed by atoms with Gasteiger partial charge >= 0.3 is 0 Å². The molecule has 2 rings (SSSR count). The number of hydrogen-bond donors (Lipinski definition) is 0. The maximum atomic E-state index is 13.5. The minimum absolute atomic E-state index is 0.149. The van der Waals surface area contributed by atoms with Gasteiger partial charge < -0.3 is 9.64 Å². The standard InChI is InChI=1S/C13H16FNO2/c1-17-9-8-15(10-6-7-10)13(16)11-4-2-3-5-12(11)14/h2-5,10H,6-9H2,1H3. The van der Waals surface area contributed by atoms with Gasteiger partial charge in [-0.1, -0.05) is 12.1 Å². The number of benzene rings is 1. The third kappa shape index (κ3) is 2.82. The van der Waals surface area contributed by atoms with E-state index in [4.69, 9.17) is 4.74 Å². The molecule has 0 saturated heterocycles. The van der Waals surface area contributed by atoms with E-state index in [0.29, 0.717) is 13.2 Å². The molecule has 1 saturated carbocycles. The molecule has 0 N–H and O–H groups in total. The molecule has 1 amide bonds. The second kappa shape index (κ2) is 5.27. The second-order valence-electron chi connectivity index (χ2n) is 4.20. The van der Waals surface area contributed by atoms with E-state index in [9.17, 15) is 9.18 Å². The largest absolute Gasteiger partial charge is 0.383 e. The van der Waals surface area contributed by atoms with Gasteiger partial charge in [0.2, 0.25) is 0 Å². The van der Waals surface area contributed by atoms with E-state index in [0.717, 1.165) is 12.8 Å². The van der Waals surface area contributed by atoms with Gasteiger partial charge in [-0.2, -0.15) is 0 Å². The van der Waals surface area contributed by atoms with Gasteiger partial charge in [-0.05, 0) is 25.0 Å². The van der Waals surface area contributed by atoms with Crippen molar-refractivity contribution in [3.8, 4) is 0 Å². The van der Waals surface area contributed by atoms with Gasteiger partial charge in [0.25, 0.3) is 5.91 Å². The van der Waals surface area contributed by atoms with Crippen LogP contribution >= 0.6 is 0 Å². The fourth-order valence-corrected chi connectivity index (χ4v) is 1.82. The Kier molecular flexibility index (Phi) is 3.74. The number of hydrogen-bond acceptors (Lipinski definition) is 2. The molecule has 1 fully saturated rings. The first-order valence-corrected chi connectivity index (χ1v) is 5.78. The number of ether oxygens (including phenoxy) is 1. The van der Waals surface area contributed by atoms with E-state index in [2.05, 4.69) is 0 Å². The van der Waals surface area contributed by atoms with Crippen LogP contribution in [0.1, 0.15) is 23.2 Å². The number of nitrogens with zero attached hydrogens (tertiary/aromatic N) is 1. The Bertz CT molecular complexity index is 404. The number of carbonyl (C=O) groups excluding carboxylic acids is 1. The number of methoxy groups -OCH3 is 1. The lowest BCUT2D eigenvalue weighted by Crippen LogP contribution is -2.36. The highest BCUT2D eigenvalue weighted by Crippen LogP contribution is 2.28.